The van der Waals surface area contributed by atoms with E-state index in [4.69, 9.17) is 5.11 Å². The number of halogens is 1. The summed E-state index contributed by atoms with van der Waals surface area (Å²) in [5.41, 5.74) is 1.03. The van der Waals surface area contributed by atoms with E-state index in [-0.39, 0.29) is 6.54 Å². The molecule has 2 aliphatic carbocycles. The predicted octanol–water partition coefficient (Wildman–Crippen LogP) is 2.26. The van der Waals surface area contributed by atoms with Crippen LogP contribution in [0.5, 0.6) is 0 Å². The van der Waals surface area contributed by atoms with Gasteiger partial charge in [0.2, 0.25) is 0 Å². The number of carboxylic acid groups (broad SMARTS) is 1. The Balaban J connectivity index is 1.41. The van der Waals surface area contributed by atoms with Crippen molar-refractivity contribution < 1.29 is 9.90 Å². The molecule has 0 saturated heterocycles. The SMILES string of the molecule is O=C(O)CN(CC1CC1)C1CC(NCc2ccc(Br)cn2)C1. The average molecular weight is 368 g/mol. The molecule has 2 N–H and O–H groups in total. The molecule has 0 bridgehead atoms. The summed E-state index contributed by atoms with van der Waals surface area (Å²) in [6.45, 7) is 1.91. The van der Waals surface area contributed by atoms with E-state index in [9.17, 15) is 4.79 Å². The zero-order chi connectivity index (χ0) is 15.5. The van der Waals surface area contributed by atoms with E-state index >= 15 is 0 Å². The van der Waals surface area contributed by atoms with Crippen molar-refractivity contribution in [1.29, 1.82) is 0 Å². The number of pyridine rings is 1. The van der Waals surface area contributed by atoms with E-state index < -0.39 is 5.97 Å². The van der Waals surface area contributed by atoms with Crippen molar-refractivity contribution in [3.8, 4) is 0 Å². The van der Waals surface area contributed by atoms with E-state index in [0.29, 0.717) is 12.1 Å². The molecule has 0 atom stereocenters. The second kappa shape index (κ2) is 7.06. The van der Waals surface area contributed by atoms with Crippen LogP contribution in [0, 0.1) is 5.92 Å². The second-order valence-electron chi connectivity index (χ2n) is 6.44. The van der Waals surface area contributed by atoms with Gasteiger partial charge in [-0.2, -0.15) is 0 Å². The number of aromatic nitrogens is 1. The van der Waals surface area contributed by atoms with Crippen molar-refractivity contribution in [2.45, 2.75) is 44.3 Å². The summed E-state index contributed by atoms with van der Waals surface area (Å²) in [6, 6.07) is 4.91. The highest BCUT2D eigenvalue weighted by atomic mass is 79.9. The molecule has 0 radical (unpaired) electrons. The topological polar surface area (TPSA) is 65.5 Å². The fourth-order valence-electron chi connectivity index (χ4n) is 2.96. The van der Waals surface area contributed by atoms with Crippen LogP contribution in [-0.4, -0.2) is 46.1 Å². The van der Waals surface area contributed by atoms with Gasteiger partial charge in [0.05, 0.1) is 12.2 Å². The third-order valence-electron chi connectivity index (χ3n) is 4.52. The summed E-state index contributed by atoms with van der Waals surface area (Å²) >= 11 is 3.38. The minimum atomic E-state index is -0.712. The van der Waals surface area contributed by atoms with Crippen LogP contribution in [0.25, 0.3) is 0 Å². The molecule has 6 heteroatoms. The maximum absolute atomic E-state index is 11.0. The highest BCUT2D eigenvalue weighted by Gasteiger charge is 2.36. The first-order valence-electron chi connectivity index (χ1n) is 7.90. The van der Waals surface area contributed by atoms with Crippen LogP contribution >= 0.6 is 15.9 Å². The van der Waals surface area contributed by atoms with Gasteiger partial charge in [0.15, 0.2) is 0 Å². The molecule has 1 aromatic heterocycles. The van der Waals surface area contributed by atoms with Gasteiger partial charge in [-0.15, -0.1) is 0 Å². The van der Waals surface area contributed by atoms with Gasteiger partial charge in [-0.25, -0.2) is 0 Å². The molecule has 22 heavy (non-hydrogen) atoms. The minimum absolute atomic E-state index is 0.183. The maximum Gasteiger partial charge on any atom is 0.317 e. The number of nitrogens with zero attached hydrogens (tertiary/aromatic N) is 2. The van der Waals surface area contributed by atoms with Crippen molar-refractivity contribution in [3.05, 3.63) is 28.5 Å². The standard InChI is InChI=1S/C16H22BrN3O2/c17-12-3-4-13(18-7-12)8-19-14-5-15(6-14)20(10-16(21)22)9-11-1-2-11/h3-4,7,11,14-15,19H,1-2,5-6,8-10H2,(H,21,22). The van der Waals surface area contributed by atoms with Crippen molar-refractivity contribution in [3.63, 3.8) is 0 Å². The van der Waals surface area contributed by atoms with E-state index in [0.717, 1.165) is 42.0 Å². The monoisotopic (exact) mass is 367 g/mol. The summed E-state index contributed by atoms with van der Waals surface area (Å²) in [4.78, 5) is 17.5. The van der Waals surface area contributed by atoms with Gasteiger partial charge in [0.25, 0.3) is 0 Å². The Morgan fingerprint density at radius 1 is 1.41 bits per heavy atom. The molecular formula is C16H22BrN3O2. The number of rotatable bonds is 8. The van der Waals surface area contributed by atoms with Gasteiger partial charge in [-0.3, -0.25) is 14.7 Å². The van der Waals surface area contributed by atoms with Crippen LogP contribution in [0.3, 0.4) is 0 Å². The van der Waals surface area contributed by atoms with Crippen LogP contribution in [0.1, 0.15) is 31.4 Å². The fourth-order valence-corrected chi connectivity index (χ4v) is 3.20. The zero-order valence-corrected chi connectivity index (χ0v) is 14.1. The van der Waals surface area contributed by atoms with Crippen LogP contribution < -0.4 is 5.32 Å². The number of hydrogen-bond donors (Lipinski definition) is 2. The third-order valence-corrected chi connectivity index (χ3v) is 4.99. The van der Waals surface area contributed by atoms with Gasteiger partial charge in [-0.05, 0) is 59.7 Å². The number of nitrogens with one attached hydrogen (secondary N) is 1. The zero-order valence-electron chi connectivity index (χ0n) is 12.5. The summed E-state index contributed by atoms with van der Waals surface area (Å²) in [5, 5.41) is 12.6. The van der Waals surface area contributed by atoms with E-state index in [1.165, 1.54) is 12.8 Å². The highest BCUT2D eigenvalue weighted by molar-refractivity contribution is 9.10. The lowest BCUT2D eigenvalue weighted by Gasteiger charge is -2.43. The van der Waals surface area contributed by atoms with Crippen molar-refractivity contribution >= 4 is 21.9 Å². The lowest BCUT2D eigenvalue weighted by atomic mass is 9.85. The van der Waals surface area contributed by atoms with Crippen LogP contribution in [0.2, 0.25) is 0 Å². The second-order valence-corrected chi connectivity index (χ2v) is 7.35. The van der Waals surface area contributed by atoms with E-state index in [1.54, 1.807) is 0 Å². The molecule has 120 valence electrons. The lowest BCUT2D eigenvalue weighted by Crippen LogP contribution is -2.54. The van der Waals surface area contributed by atoms with Gasteiger partial charge in [0.1, 0.15) is 0 Å². The lowest BCUT2D eigenvalue weighted by molar-refractivity contribution is -0.139. The molecule has 5 nitrogen and oxygen atoms in total. The van der Waals surface area contributed by atoms with Crippen molar-refractivity contribution in [1.82, 2.24) is 15.2 Å². The molecule has 0 amide bonds. The molecule has 1 heterocycles. The Kier molecular flexibility index (Phi) is 5.10. The van der Waals surface area contributed by atoms with Gasteiger partial charge in [0, 0.05) is 35.8 Å². The van der Waals surface area contributed by atoms with Crippen LogP contribution in [0.4, 0.5) is 0 Å². The molecule has 0 spiro atoms. The van der Waals surface area contributed by atoms with Crippen molar-refractivity contribution in [2.24, 2.45) is 5.92 Å². The van der Waals surface area contributed by atoms with Gasteiger partial charge >= 0.3 is 5.97 Å². The maximum atomic E-state index is 11.0. The Bertz CT molecular complexity index is 513. The molecular weight excluding hydrogens is 346 g/mol. The molecule has 2 aliphatic rings. The third kappa shape index (κ3) is 4.51. The van der Waals surface area contributed by atoms with E-state index in [2.05, 4.69) is 31.1 Å². The van der Waals surface area contributed by atoms with E-state index in [1.807, 2.05) is 18.3 Å². The number of carboxylic acids is 1. The molecule has 0 unspecified atom stereocenters. The summed E-state index contributed by atoms with van der Waals surface area (Å²) in [7, 11) is 0. The largest absolute Gasteiger partial charge is 0.480 e. The first-order valence-corrected chi connectivity index (χ1v) is 8.69. The Morgan fingerprint density at radius 3 is 2.77 bits per heavy atom. The van der Waals surface area contributed by atoms with Crippen LogP contribution in [-0.2, 0) is 11.3 Å². The van der Waals surface area contributed by atoms with Crippen molar-refractivity contribution in [2.75, 3.05) is 13.1 Å². The average Bonchev–Trinajstić information content (AvgIpc) is 3.22. The predicted molar refractivity (Wildman–Crippen MR) is 87.5 cm³/mol. The number of aliphatic carboxylic acids is 1. The molecule has 0 aromatic carbocycles. The molecule has 1 aromatic rings. The smallest absolute Gasteiger partial charge is 0.317 e. The number of hydrogen-bond acceptors (Lipinski definition) is 4. The highest BCUT2D eigenvalue weighted by Crippen LogP contribution is 2.33. The summed E-state index contributed by atoms with van der Waals surface area (Å²) < 4.78 is 0.990. The molecule has 3 rings (SSSR count). The quantitative estimate of drug-likeness (QED) is 0.737. The minimum Gasteiger partial charge on any atom is -0.480 e. The first kappa shape index (κ1) is 15.9. The fraction of sp³-hybridized carbons (Fsp3) is 0.625. The molecule has 2 saturated carbocycles. The first-order chi connectivity index (χ1) is 10.6. The molecule has 2 fully saturated rings. The Hall–Kier alpha value is -0.980. The summed E-state index contributed by atoms with van der Waals surface area (Å²) in [5.74, 6) is 0.0226. The normalized spacial score (nSPS) is 24.3. The Morgan fingerprint density at radius 2 is 2.18 bits per heavy atom. The van der Waals surface area contributed by atoms with Crippen LogP contribution in [0.15, 0.2) is 22.8 Å². The Labute approximate surface area is 139 Å². The summed E-state index contributed by atoms with van der Waals surface area (Å²) in [6.07, 6.45) is 6.41. The molecule has 0 aliphatic heterocycles. The number of carbonyl (C=O) groups is 1. The van der Waals surface area contributed by atoms with Gasteiger partial charge < -0.3 is 10.4 Å². The van der Waals surface area contributed by atoms with Gasteiger partial charge in [-0.1, -0.05) is 0 Å².